The fourth-order valence-electron chi connectivity index (χ4n) is 7.20. The number of hydrogen-bond acceptors (Lipinski definition) is 4. The van der Waals surface area contributed by atoms with Crippen molar-refractivity contribution in [1.82, 2.24) is 19.9 Å². The number of aromatic nitrogens is 4. The van der Waals surface area contributed by atoms with E-state index in [0.29, 0.717) is 35.6 Å². The zero-order valence-corrected chi connectivity index (χ0v) is 41.4. The highest BCUT2D eigenvalue weighted by Gasteiger charge is 2.10. The van der Waals surface area contributed by atoms with Crippen LogP contribution in [0.4, 0.5) is 0 Å². The first-order valence-electron chi connectivity index (χ1n) is 23.7. The maximum Gasteiger partial charge on any atom is 0.147 e. The van der Waals surface area contributed by atoms with E-state index in [-0.39, 0.29) is 14.9 Å². The van der Waals surface area contributed by atoms with E-state index >= 15 is 0 Å². The van der Waals surface area contributed by atoms with Gasteiger partial charge in [-0.2, -0.15) is 5.10 Å². The van der Waals surface area contributed by atoms with Crippen molar-refractivity contribution in [1.29, 1.82) is 0 Å². The van der Waals surface area contributed by atoms with Gasteiger partial charge in [0.05, 0.1) is 0 Å². The molecular formula is C62H80N4O2. The molecule has 0 unspecified atom stereocenters. The standard InChI is InChI=1S/C13H14.C11H13N.C11H12O.C10H11NO.C9H12.C6H10N2.2CH4/c1-10(2)12-9-5-7-11-6-3-4-8-13(11)12;2*1-8(2)11-7-9-5-3-4-6-10(9)12-11;1-7(2)10-8-5-3-4-6-9(8)11-12-10;1-8(2)9-6-4-3-5-7-9;1-6(2)8-5-3-4-7-8;;/h3-10H,1-2H3;3-8,12H,1-2H3;3-8H,1-2H3;3-7H,1-2H3;3-8H,1-2H3;3-6H,1-2H3;2*1H4. The van der Waals surface area contributed by atoms with Gasteiger partial charge in [0.2, 0.25) is 0 Å². The van der Waals surface area contributed by atoms with Crippen LogP contribution in [0.2, 0.25) is 0 Å². The Balaban J connectivity index is 0.000000216. The summed E-state index contributed by atoms with van der Waals surface area (Å²) in [6.45, 7) is 26.0. The molecule has 4 heterocycles. The van der Waals surface area contributed by atoms with Crippen molar-refractivity contribution in [3.63, 3.8) is 0 Å². The van der Waals surface area contributed by atoms with E-state index in [1.54, 1.807) is 6.20 Å². The van der Waals surface area contributed by atoms with Gasteiger partial charge < -0.3 is 13.9 Å². The Morgan fingerprint density at radius 2 is 1.07 bits per heavy atom. The van der Waals surface area contributed by atoms with Crippen LogP contribution in [0, 0.1) is 0 Å². The Hall–Kier alpha value is -6.66. The van der Waals surface area contributed by atoms with E-state index in [2.05, 4.69) is 208 Å². The molecule has 0 radical (unpaired) electrons. The van der Waals surface area contributed by atoms with Crippen LogP contribution in [0.25, 0.3) is 43.5 Å². The number of rotatable bonds is 6. The summed E-state index contributed by atoms with van der Waals surface area (Å²) < 4.78 is 12.8. The molecule has 6 heteroatoms. The number of para-hydroxylation sites is 2. The molecule has 0 aliphatic carbocycles. The van der Waals surface area contributed by atoms with Crippen LogP contribution in [0.5, 0.6) is 0 Å². The summed E-state index contributed by atoms with van der Waals surface area (Å²) in [4.78, 5) is 3.40. The smallest absolute Gasteiger partial charge is 0.147 e. The first-order valence-corrected chi connectivity index (χ1v) is 23.7. The third-order valence-corrected chi connectivity index (χ3v) is 11.1. The molecule has 0 fully saturated rings. The number of nitrogens with zero attached hydrogens (tertiary/aromatic N) is 3. The van der Waals surface area contributed by atoms with Crippen molar-refractivity contribution in [2.24, 2.45) is 0 Å². The van der Waals surface area contributed by atoms with Crippen molar-refractivity contribution in [3.8, 4) is 0 Å². The predicted molar refractivity (Wildman–Crippen MR) is 295 cm³/mol. The topological polar surface area (TPSA) is 72.8 Å². The lowest BCUT2D eigenvalue weighted by molar-refractivity contribution is 0.378. The second-order valence-corrected chi connectivity index (χ2v) is 18.4. The minimum absolute atomic E-state index is 0. The van der Waals surface area contributed by atoms with Crippen LogP contribution in [-0.4, -0.2) is 19.9 Å². The molecule has 10 rings (SSSR count). The van der Waals surface area contributed by atoms with E-state index < -0.39 is 0 Å². The van der Waals surface area contributed by atoms with Gasteiger partial charge in [-0.05, 0) is 101 Å². The lowest BCUT2D eigenvalue weighted by Gasteiger charge is -2.08. The highest BCUT2D eigenvalue weighted by molar-refractivity contribution is 5.86. The van der Waals surface area contributed by atoms with Gasteiger partial charge in [-0.1, -0.05) is 211 Å². The van der Waals surface area contributed by atoms with Crippen LogP contribution in [0.15, 0.2) is 185 Å². The van der Waals surface area contributed by atoms with Crippen molar-refractivity contribution in [2.45, 2.75) is 134 Å². The van der Waals surface area contributed by atoms with Crippen molar-refractivity contribution >= 4 is 43.5 Å². The molecule has 0 aliphatic heterocycles. The number of nitrogens with one attached hydrogen (secondary N) is 1. The molecule has 0 atom stereocenters. The third kappa shape index (κ3) is 16.3. The van der Waals surface area contributed by atoms with E-state index in [1.165, 1.54) is 43.9 Å². The molecule has 68 heavy (non-hydrogen) atoms. The van der Waals surface area contributed by atoms with Crippen LogP contribution < -0.4 is 0 Å². The Labute approximate surface area is 408 Å². The lowest BCUT2D eigenvalue weighted by atomic mass is 9.96. The van der Waals surface area contributed by atoms with E-state index in [4.69, 9.17) is 8.94 Å². The van der Waals surface area contributed by atoms with Crippen LogP contribution in [-0.2, 0) is 0 Å². The summed E-state index contributed by atoms with van der Waals surface area (Å²) in [7, 11) is 0. The second kappa shape index (κ2) is 27.9. The fraction of sp³-hybridized carbons (Fsp3) is 0.323. The number of furan rings is 1. The van der Waals surface area contributed by atoms with E-state index in [0.717, 1.165) is 28.0 Å². The molecule has 0 saturated heterocycles. The van der Waals surface area contributed by atoms with Gasteiger partial charge >= 0.3 is 0 Å². The maximum absolute atomic E-state index is 5.63. The van der Waals surface area contributed by atoms with Gasteiger partial charge in [0.15, 0.2) is 0 Å². The molecule has 0 amide bonds. The van der Waals surface area contributed by atoms with Gasteiger partial charge in [0, 0.05) is 52.3 Å². The molecule has 6 nitrogen and oxygen atoms in total. The molecule has 6 aromatic carbocycles. The molecule has 360 valence electrons. The minimum atomic E-state index is 0. The summed E-state index contributed by atoms with van der Waals surface area (Å²) in [5.41, 5.74) is 7.34. The number of H-pyrrole nitrogens is 1. The van der Waals surface area contributed by atoms with Gasteiger partial charge in [-0.25, -0.2) is 0 Å². The fourth-order valence-corrected chi connectivity index (χ4v) is 7.20. The molecule has 0 bridgehead atoms. The average molecular weight is 913 g/mol. The van der Waals surface area contributed by atoms with E-state index in [9.17, 15) is 0 Å². The molecule has 0 aliphatic rings. The zero-order chi connectivity index (χ0) is 47.6. The minimum Gasteiger partial charge on any atom is -0.461 e. The third-order valence-electron chi connectivity index (χ3n) is 11.1. The second-order valence-electron chi connectivity index (χ2n) is 18.4. The molecule has 1 N–H and O–H groups in total. The van der Waals surface area contributed by atoms with Gasteiger partial charge in [-0.15, -0.1) is 0 Å². The summed E-state index contributed by atoms with van der Waals surface area (Å²) in [6.07, 6.45) is 3.75. The molecular weight excluding hydrogens is 833 g/mol. The number of benzene rings is 6. The zero-order valence-electron chi connectivity index (χ0n) is 41.4. The summed E-state index contributed by atoms with van der Waals surface area (Å²) in [5, 5.41) is 14.4. The molecule has 0 spiro atoms. The monoisotopic (exact) mass is 913 g/mol. The van der Waals surface area contributed by atoms with Crippen molar-refractivity contribution in [2.75, 3.05) is 0 Å². The SMILES string of the molecule is C.C.CC(C)c1cc2ccccc2[nH]1.CC(C)c1cc2ccccc2o1.CC(C)c1cccc2ccccc12.CC(C)c1ccccc1.CC(C)c1onc2ccccc12.CC(C)n1cccn1. The van der Waals surface area contributed by atoms with Gasteiger partial charge in [0.1, 0.15) is 22.6 Å². The van der Waals surface area contributed by atoms with E-state index in [1.807, 2.05) is 65.5 Å². The number of fused-ring (bicyclic) bond motifs is 4. The van der Waals surface area contributed by atoms with Crippen LogP contribution >= 0.6 is 0 Å². The van der Waals surface area contributed by atoms with Gasteiger partial charge in [0.25, 0.3) is 0 Å². The number of hydrogen-bond donors (Lipinski definition) is 1. The lowest BCUT2D eigenvalue weighted by Crippen LogP contribution is -1.99. The first kappa shape index (κ1) is 55.7. The predicted octanol–water partition coefficient (Wildman–Crippen LogP) is 19.3. The highest BCUT2D eigenvalue weighted by Crippen LogP contribution is 2.27. The van der Waals surface area contributed by atoms with Crippen molar-refractivity contribution < 1.29 is 8.94 Å². The Bertz CT molecular complexity index is 2730. The summed E-state index contributed by atoms with van der Waals surface area (Å²) >= 11 is 0. The van der Waals surface area contributed by atoms with Crippen LogP contribution in [0.1, 0.15) is 162 Å². The number of aromatic amines is 1. The normalized spacial score (nSPS) is 10.6. The Morgan fingerprint density at radius 3 is 1.62 bits per heavy atom. The Kier molecular flexibility index (Phi) is 22.8. The molecule has 10 aromatic rings. The maximum atomic E-state index is 5.63. The van der Waals surface area contributed by atoms with Crippen molar-refractivity contribution in [3.05, 3.63) is 205 Å². The summed E-state index contributed by atoms with van der Waals surface area (Å²) in [6, 6.07) is 56.8. The average Bonchev–Trinajstić information content (AvgIpc) is 4.17. The molecule has 0 saturated carbocycles. The van der Waals surface area contributed by atoms with Gasteiger partial charge in [-0.3, -0.25) is 4.68 Å². The Morgan fingerprint density at radius 1 is 0.485 bits per heavy atom. The van der Waals surface area contributed by atoms with Crippen LogP contribution in [0.3, 0.4) is 0 Å². The largest absolute Gasteiger partial charge is 0.461 e. The first-order chi connectivity index (χ1) is 31.7. The highest BCUT2D eigenvalue weighted by atomic mass is 16.5. The quantitative estimate of drug-likeness (QED) is 0.180. The summed E-state index contributed by atoms with van der Waals surface area (Å²) in [5.74, 6) is 4.76. The molecule has 4 aromatic heterocycles.